The van der Waals surface area contributed by atoms with Crippen LogP contribution in [0.2, 0.25) is 0 Å². The van der Waals surface area contributed by atoms with Crippen molar-refractivity contribution in [2.24, 2.45) is 0 Å². The van der Waals surface area contributed by atoms with E-state index in [2.05, 4.69) is 45.1 Å². The molecule has 108 valence electrons. The summed E-state index contributed by atoms with van der Waals surface area (Å²) >= 11 is 0. The third-order valence-electron chi connectivity index (χ3n) is 3.56. The van der Waals surface area contributed by atoms with Crippen molar-refractivity contribution in [3.8, 4) is 0 Å². The number of nitrogens with one attached hydrogen (secondary N) is 2. The number of aromatic amines is 1. The van der Waals surface area contributed by atoms with Crippen LogP contribution < -0.4 is 10.2 Å². The highest BCUT2D eigenvalue weighted by Gasteiger charge is 2.22. The average Bonchev–Trinajstić information content (AvgIpc) is 3.14. The lowest BCUT2D eigenvalue weighted by Gasteiger charge is -2.28. The lowest BCUT2D eigenvalue weighted by molar-refractivity contribution is 0.557. The minimum Gasteiger partial charge on any atom is -0.354 e. The highest BCUT2D eigenvalue weighted by molar-refractivity contribution is 5.87. The maximum Gasteiger partial charge on any atom is 0.226 e. The number of fused-ring (bicyclic) bond motifs is 2. The van der Waals surface area contributed by atoms with Crippen LogP contribution in [0.3, 0.4) is 0 Å². The van der Waals surface area contributed by atoms with E-state index in [1.54, 1.807) is 12.5 Å². The molecule has 9 nitrogen and oxygen atoms in total. The van der Waals surface area contributed by atoms with Gasteiger partial charge < -0.3 is 14.8 Å². The molecule has 3 aromatic heterocycles. The summed E-state index contributed by atoms with van der Waals surface area (Å²) in [6.07, 6.45) is 3.53. The van der Waals surface area contributed by atoms with E-state index in [1.807, 2.05) is 6.92 Å². The lowest BCUT2D eigenvalue weighted by atomic mass is 10.3. The summed E-state index contributed by atoms with van der Waals surface area (Å²) in [6.45, 7) is 5.18. The Balaban J connectivity index is 1.77. The van der Waals surface area contributed by atoms with Crippen LogP contribution in [0.4, 0.5) is 11.8 Å². The molecule has 0 radical (unpaired) electrons. The zero-order valence-electron chi connectivity index (χ0n) is 11.6. The topological polar surface area (TPSA) is 100 Å². The molecule has 1 aliphatic heterocycles. The molecule has 0 amide bonds. The molecule has 2 N–H and O–H groups in total. The second kappa shape index (κ2) is 4.69. The van der Waals surface area contributed by atoms with Gasteiger partial charge >= 0.3 is 0 Å². The van der Waals surface area contributed by atoms with Crippen LogP contribution in [-0.2, 0) is 13.1 Å². The molecule has 0 unspecified atom stereocenters. The Morgan fingerprint density at radius 1 is 1.33 bits per heavy atom. The molecule has 0 aromatic carbocycles. The van der Waals surface area contributed by atoms with Gasteiger partial charge in [-0.05, 0) is 6.92 Å². The lowest BCUT2D eigenvalue weighted by Crippen LogP contribution is -2.34. The molecule has 0 saturated heterocycles. The minimum atomic E-state index is 0.608. The van der Waals surface area contributed by atoms with E-state index in [9.17, 15) is 0 Å². The number of aromatic nitrogens is 7. The van der Waals surface area contributed by atoms with Crippen LogP contribution in [0.1, 0.15) is 12.7 Å². The summed E-state index contributed by atoms with van der Waals surface area (Å²) in [4.78, 5) is 11.2. The Hall–Kier alpha value is -2.71. The van der Waals surface area contributed by atoms with Gasteiger partial charge in [0.05, 0.1) is 18.1 Å². The van der Waals surface area contributed by atoms with E-state index in [0.29, 0.717) is 12.5 Å². The summed E-state index contributed by atoms with van der Waals surface area (Å²) < 4.78 is 2.06. The summed E-state index contributed by atoms with van der Waals surface area (Å²) in [7, 11) is 0. The monoisotopic (exact) mass is 285 g/mol. The zero-order valence-corrected chi connectivity index (χ0v) is 11.6. The van der Waals surface area contributed by atoms with Crippen LogP contribution in [0.25, 0.3) is 11.0 Å². The van der Waals surface area contributed by atoms with E-state index in [-0.39, 0.29) is 0 Å². The number of rotatable bonds is 3. The maximum absolute atomic E-state index is 4.63. The van der Waals surface area contributed by atoms with E-state index < -0.39 is 0 Å². The van der Waals surface area contributed by atoms with Crippen molar-refractivity contribution in [2.45, 2.75) is 20.0 Å². The third-order valence-corrected chi connectivity index (χ3v) is 3.56. The van der Waals surface area contributed by atoms with E-state index in [0.717, 1.165) is 42.3 Å². The smallest absolute Gasteiger partial charge is 0.226 e. The SMILES string of the molecule is CCNc1nc(N2CCn3cnnc3C2)c2cn[nH]c2n1. The number of hydrogen-bond donors (Lipinski definition) is 2. The molecule has 21 heavy (non-hydrogen) atoms. The van der Waals surface area contributed by atoms with Gasteiger partial charge in [0.15, 0.2) is 11.5 Å². The highest BCUT2D eigenvalue weighted by Crippen LogP contribution is 2.26. The molecule has 0 atom stereocenters. The zero-order chi connectivity index (χ0) is 14.2. The molecule has 4 rings (SSSR count). The fourth-order valence-electron chi connectivity index (χ4n) is 2.54. The fraction of sp³-hybridized carbons (Fsp3) is 0.417. The van der Waals surface area contributed by atoms with Gasteiger partial charge in [-0.1, -0.05) is 0 Å². The first kappa shape index (κ1) is 12.1. The molecule has 9 heteroatoms. The summed E-state index contributed by atoms with van der Waals surface area (Å²) in [5.74, 6) is 2.43. The van der Waals surface area contributed by atoms with Crippen molar-refractivity contribution in [1.29, 1.82) is 0 Å². The second-order valence-corrected chi connectivity index (χ2v) is 4.90. The highest BCUT2D eigenvalue weighted by atomic mass is 15.3. The quantitative estimate of drug-likeness (QED) is 0.718. The minimum absolute atomic E-state index is 0.608. The van der Waals surface area contributed by atoms with Crippen molar-refractivity contribution < 1.29 is 0 Å². The van der Waals surface area contributed by atoms with Gasteiger partial charge in [0.1, 0.15) is 12.1 Å². The summed E-state index contributed by atoms with van der Waals surface area (Å²) in [6, 6.07) is 0. The van der Waals surface area contributed by atoms with Gasteiger partial charge in [-0.15, -0.1) is 10.2 Å². The number of nitrogens with zero attached hydrogens (tertiary/aromatic N) is 7. The van der Waals surface area contributed by atoms with E-state index >= 15 is 0 Å². The Kier molecular flexibility index (Phi) is 2.69. The van der Waals surface area contributed by atoms with Gasteiger partial charge in [0, 0.05) is 19.6 Å². The van der Waals surface area contributed by atoms with Crippen molar-refractivity contribution in [2.75, 3.05) is 23.3 Å². The normalized spacial score (nSPS) is 14.4. The summed E-state index contributed by atoms with van der Waals surface area (Å²) in [5, 5.41) is 19.2. The molecule has 0 bridgehead atoms. The van der Waals surface area contributed by atoms with Crippen molar-refractivity contribution >= 4 is 22.8 Å². The van der Waals surface area contributed by atoms with E-state index in [4.69, 9.17) is 0 Å². The van der Waals surface area contributed by atoms with Gasteiger partial charge in [0.25, 0.3) is 0 Å². The van der Waals surface area contributed by atoms with Crippen molar-refractivity contribution in [3.63, 3.8) is 0 Å². The number of H-pyrrole nitrogens is 1. The molecule has 1 aliphatic rings. The van der Waals surface area contributed by atoms with Gasteiger partial charge in [-0.25, -0.2) is 0 Å². The molecule has 3 aromatic rings. The molecule has 0 spiro atoms. The summed E-state index contributed by atoms with van der Waals surface area (Å²) in [5.41, 5.74) is 0.739. The van der Waals surface area contributed by atoms with Crippen LogP contribution in [-0.4, -0.2) is 48.0 Å². The van der Waals surface area contributed by atoms with Gasteiger partial charge in [-0.3, -0.25) is 5.10 Å². The molecular formula is C12H15N9. The Bertz CT molecular complexity index is 774. The van der Waals surface area contributed by atoms with E-state index in [1.165, 1.54) is 0 Å². The average molecular weight is 285 g/mol. The van der Waals surface area contributed by atoms with Crippen molar-refractivity contribution in [1.82, 2.24) is 34.9 Å². The van der Waals surface area contributed by atoms with Gasteiger partial charge in [0.2, 0.25) is 5.95 Å². The molecule has 0 aliphatic carbocycles. The molecular weight excluding hydrogens is 270 g/mol. The Morgan fingerprint density at radius 2 is 2.29 bits per heavy atom. The van der Waals surface area contributed by atoms with Crippen LogP contribution >= 0.6 is 0 Å². The number of hydrogen-bond acceptors (Lipinski definition) is 7. The Labute approximate surface area is 120 Å². The van der Waals surface area contributed by atoms with Crippen LogP contribution in [0, 0.1) is 0 Å². The Morgan fingerprint density at radius 3 is 3.19 bits per heavy atom. The largest absolute Gasteiger partial charge is 0.354 e. The molecule has 0 fully saturated rings. The molecule has 4 heterocycles. The number of anilines is 2. The van der Waals surface area contributed by atoms with Crippen molar-refractivity contribution in [3.05, 3.63) is 18.3 Å². The van der Waals surface area contributed by atoms with Gasteiger partial charge in [-0.2, -0.15) is 15.1 Å². The third kappa shape index (κ3) is 1.97. The predicted octanol–water partition coefficient (Wildman–Crippen LogP) is 0.396. The molecule has 0 saturated carbocycles. The standard InChI is InChI=1S/C12H15N9/c1-2-13-12-16-10-8(5-14-19-10)11(17-12)20-3-4-21-7-15-18-9(21)6-20/h5,7H,2-4,6H2,1H3,(H2,13,14,16,17,19). The first-order valence-corrected chi connectivity index (χ1v) is 6.92. The van der Waals surface area contributed by atoms with Crippen LogP contribution in [0.5, 0.6) is 0 Å². The van der Waals surface area contributed by atoms with Crippen LogP contribution in [0.15, 0.2) is 12.5 Å². The predicted molar refractivity (Wildman–Crippen MR) is 76.9 cm³/mol. The fourth-order valence-corrected chi connectivity index (χ4v) is 2.54. The maximum atomic E-state index is 4.63. The first-order chi connectivity index (χ1) is 10.3. The first-order valence-electron chi connectivity index (χ1n) is 6.92. The second-order valence-electron chi connectivity index (χ2n) is 4.90.